The molecule has 8 nitrogen and oxygen atoms in total. The van der Waals surface area contributed by atoms with Crippen molar-refractivity contribution in [3.05, 3.63) is 22.6 Å². The maximum atomic E-state index is 11.0. The third kappa shape index (κ3) is 8.76. The van der Waals surface area contributed by atoms with Gasteiger partial charge in [0.05, 0.1) is 19.7 Å². The van der Waals surface area contributed by atoms with E-state index in [9.17, 15) is 9.59 Å². The van der Waals surface area contributed by atoms with Gasteiger partial charge in [0.15, 0.2) is 0 Å². The zero-order valence-electron chi connectivity index (χ0n) is 9.51. The average molecular weight is 242 g/mol. The number of amides is 1. The molecule has 0 saturated heterocycles. The zero-order chi connectivity index (χ0) is 13.1. The Morgan fingerprint density at radius 2 is 2.12 bits per heavy atom. The van der Waals surface area contributed by atoms with Crippen LogP contribution in [-0.4, -0.2) is 38.4 Å². The van der Waals surface area contributed by atoms with Crippen LogP contribution in [0, 0.1) is 0 Å². The van der Waals surface area contributed by atoms with E-state index in [0.717, 1.165) is 0 Å². The quantitative estimate of drug-likeness (QED) is 0.180. The van der Waals surface area contributed by atoms with Crippen molar-refractivity contribution in [3.63, 3.8) is 0 Å². The van der Waals surface area contributed by atoms with Crippen LogP contribution in [-0.2, 0) is 14.3 Å². The Bertz CT molecular complexity index is 336. The van der Waals surface area contributed by atoms with Gasteiger partial charge in [-0.15, -0.1) is 0 Å². The van der Waals surface area contributed by atoms with Gasteiger partial charge in [0, 0.05) is 10.5 Å². The standard InChI is InChI=1S/C9H14N4O4/c1-7(2)8(14)16-5-3-11-9(15)17-6-4-12-13-10/h1,3-6H2,2H3,(H,11,15). The van der Waals surface area contributed by atoms with Crippen molar-refractivity contribution < 1.29 is 19.1 Å². The summed E-state index contributed by atoms with van der Waals surface area (Å²) in [6.07, 6.45) is -0.662. The van der Waals surface area contributed by atoms with E-state index in [1.807, 2.05) is 0 Å². The highest BCUT2D eigenvalue weighted by Crippen LogP contribution is 1.90. The van der Waals surface area contributed by atoms with Crippen molar-refractivity contribution >= 4 is 12.1 Å². The summed E-state index contributed by atoms with van der Waals surface area (Å²) in [5.41, 5.74) is 8.24. The lowest BCUT2D eigenvalue weighted by Crippen LogP contribution is -2.29. The second-order valence-electron chi connectivity index (χ2n) is 2.93. The lowest BCUT2D eigenvalue weighted by Gasteiger charge is -2.06. The van der Waals surface area contributed by atoms with Crippen LogP contribution >= 0.6 is 0 Å². The van der Waals surface area contributed by atoms with Gasteiger partial charge >= 0.3 is 12.1 Å². The molecule has 0 saturated carbocycles. The van der Waals surface area contributed by atoms with E-state index >= 15 is 0 Å². The van der Waals surface area contributed by atoms with Gasteiger partial charge in [-0.1, -0.05) is 11.7 Å². The fourth-order valence-corrected chi connectivity index (χ4v) is 0.695. The highest BCUT2D eigenvalue weighted by Gasteiger charge is 2.04. The molecule has 0 aromatic carbocycles. The number of ether oxygens (including phenoxy) is 2. The molecule has 0 unspecified atom stereocenters. The highest BCUT2D eigenvalue weighted by molar-refractivity contribution is 5.86. The van der Waals surface area contributed by atoms with Crippen LogP contribution in [0.1, 0.15) is 6.92 Å². The number of hydrogen-bond acceptors (Lipinski definition) is 5. The maximum Gasteiger partial charge on any atom is 0.407 e. The van der Waals surface area contributed by atoms with Gasteiger partial charge in [-0.05, 0) is 12.5 Å². The summed E-state index contributed by atoms with van der Waals surface area (Å²) in [6.45, 7) is 5.18. The van der Waals surface area contributed by atoms with Crippen LogP contribution in [0.3, 0.4) is 0 Å². The van der Waals surface area contributed by atoms with Crippen LogP contribution in [0.15, 0.2) is 17.3 Å². The van der Waals surface area contributed by atoms with E-state index in [-0.39, 0.29) is 26.3 Å². The van der Waals surface area contributed by atoms with Gasteiger partial charge in [-0.25, -0.2) is 9.59 Å². The lowest BCUT2D eigenvalue weighted by atomic mass is 10.4. The largest absolute Gasteiger partial charge is 0.460 e. The van der Waals surface area contributed by atoms with E-state index in [1.54, 1.807) is 0 Å². The zero-order valence-corrected chi connectivity index (χ0v) is 9.51. The van der Waals surface area contributed by atoms with Crippen LogP contribution in [0.2, 0.25) is 0 Å². The first-order valence-electron chi connectivity index (χ1n) is 4.82. The molecule has 1 amide bonds. The van der Waals surface area contributed by atoms with Gasteiger partial charge in [-0.2, -0.15) is 0 Å². The first-order valence-corrected chi connectivity index (χ1v) is 4.82. The van der Waals surface area contributed by atoms with Gasteiger partial charge < -0.3 is 14.8 Å². The Morgan fingerprint density at radius 3 is 2.71 bits per heavy atom. The van der Waals surface area contributed by atoms with Crippen molar-refractivity contribution in [1.82, 2.24) is 5.32 Å². The molecule has 0 aromatic heterocycles. The summed E-state index contributed by atoms with van der Waals surface area (Å²) in [5.74, 6) is -0.511. The number of rotatable bonds is 7. The fraction of sp³-hybridized carbons (Fsp3) is 0.556. The fourth-order valence-electron chi connectivity index (χ4n) is 0.695. The molecular formula is C9H14N4O4. The van der Waals surface area contributed by atoms with E-state index in [2.05, 4.69) is 26.7 Å². The molecular weight excluding hydrogens is 228 g/mol. The predicted octanol–water partition coefficient (Wildman–Crippen LogP) is 1.14. The number of alkyl carbamates (subject to hydrolysis) is 1. The molecule has 94 valence electrons. The van der Waals surface area contributed by atoms with Crippen LogP contribution in [0.4, 0.5) is 4.79 Å². The minimum Gasteiger partial charge on any atom is -0.460 e. The van der Waals surface area contributed by atoms with Crippen LogP contribution in [0.25, 0.3) is 10.4 Å². The Hall–Kier alpha value is -2.21. The van der Waals surface area contributed by atoms with Crippen molar-refractivity contribution in [3.8, 4) is 0 Å². The summed E-state index contributed by atoms with van der Waals surface area (Å²) in [7, 11) is 0. The van der Waals surface area contributed by atoms with Crippen LogP contribution in [0.5, 0.6) is 0 Å². The molecule has 0 bridgehead atoms. The molecule has 8 heteroatoms. The van der Waals surface area contributed by atoms with Gasteiger partial charge in [0.25, 0.3) is 0 Å². The smallest absolute Gasteiger partial charge is 0.407 e. The van der Waals surface area contributed by atoms with Gasteiger partial charge in [-0.3, -0.25) is 0 Å². The van der Waals surface area contributed by atoms with E-state index in [4.69, 9.17) is 10.3 Å². The van der Waals surface area contributed by atoms with Crippen molar-refractivity contribution in [2.24, 2.45) is 5.11 Å². The van der Waals surface area contributed by atoms with Crippen molar-refractivity contribution in [2.45, 2.75) is 6.92 Å². The molecule has 0 aliphatic carbocycles. The molecule has 0 fully saturated rings. The normalized spacial score (nSPS) is 8.76. The van der Waals surface area contributed by atoms with Gasteiger partial charge in [0.1, 0.15) is 6.61 Å². The SMILES string of the molecule is C=C(C)C(=O)OCCNC(=O)OCCN=[N+]=[N-]. The Balaban J connectivity index is 3.48. The monoisotopic (exact) mass is 242 g/mol. The van der Waals surface area contributed by atoms with Crippen LogP contribution < -0.4 is 5.32 Å². The third-order valence-corrected chi connectivity index (χ3v) is 1.44. The molecule has 0 radical (unpaired) electrons. The molecule has 0 aliphatic rings. The summed E-state index contributed by atoms with van der Waals surface area (Å²) in [4.78, 5) is 24.4. The molecule has 0 aromatic rings. The third-order valence-electron chi connectivity index (χ3n) is 1.44. The molecule has 17 heavy (non-hydrogen) atoms. The first kappa shape index (κ1) is 14.8. The number of hydrogen-bond donors (Lipinski definition) is 1. The summed E-state index contributed by atoms with van der Waals surface area (Å²) in [6, 6.07) is 0. The van der Waals surface area contributed by atoms with Gasteiger partial charge in [0.2, 0.25) is 0 Å². The minimum atomic E-state index is -0.662. The molecule has 0 spiro atoms. The summed E-state index contributed by atoms with van der Waals surface area (Å²) in [5, 5.41) is 5.53. The number of esters is 1. The van der Waals surface area contributed by atoms with Crippen molar-refractivity contribution in [1.29, 1.82) is 0 Å². The number of nitrogens with one attached hydrogen (secondary N) is 1. The van der Waals surface area contributed by atoms with E-state index in [0.29, 0.717) is 5.57 Å². The average Bonchev–Trinajstić information content (AvgIpc) is 2.29. The van der Waals surface area contributed by atoms with E-state index < -0.39 is 12.1 Å². The highest BCUT2D eigenvalue weighted by atomic mass is 16.6. The Kier molecular flexibility index (Phi) is 7.87. The number of carbonyl (C=O) groups is 2. The number of carbonyl (C=O) groups excluding carboxylic acids is 2. The van der Waals surface area contributed by atoms with Crippen molar-refractivity contribution in [2.75, 3.05) is 26.3 Å². The number of nitrogens with zero attached hydrogens (tertiary/aromatic N) is 3. The molecule has 0 atom stereocenters. The second kappa shape index (κ2) is 9.05. The topological polar surface area (TPSA) is 113 Å². The molecule has 0 heterocycles. The minimum absolute atomic E-state index is 0.00144. The second-order valence-corrected chi connectivity index (χ2v) is 2.93. The summed E-state index contributed by atoms with van der Waals surface area (Å²) < 4.78 is 9.35. The maximum absolute atomic E-state index is 11.0. The Labute approximate surface area is 98.2 Å². The molecule has 1 N–H and O–H groups in total. The lowest BCUT2D eigenvalue weighted by molar-refractivity contribution is -0.138. The summed E-state index contributed by atoms with van der Waals surface area (Å²) >= 11 is 0. The molecule has 0 rings (SSSR count). The Morgan fingerprint density at radius 1 is 1.41 bits per heavy atom. The molecule has 0 aliphatic heterocycles. The predicted molar refractivity (Wildman–Crippen MR) is 59.1 cm³/mol. The first-order chi connectivity index (χ1) is 8.07. The van der Waals surface area contributed by atoms with E-state index in [1.165, 1.54) is 6.92 Å². The number of azide groups is 1.